The molecule has 0 bridgehead atoms. The van der Waals surface area contributed by atoms with Crippen molar-refractivity contribution in [3.63, 3.8) is 0 Å². The highest BCUT2D eigenvalue weighted by atomic mass is 16.5. The molecule has 0 atom stereocenters. The number of hydrogen-bond donors (Lipinski definition) is 0. The number of rotatable bonds is 6. The Balaban J connectivity index is 2.09. The van der Waals surface area contributed by atoms with Crippen molar-refractivity contribution in [1.29, 1.82) is 0 Å². The molecule has 1 heterocycles. The Hall–Kier alpha value is -1.39. The van der Waals surface area contributed by atoms with Gasteiger partial charge in [0, 0.05) is 37.9 Å². The number of benzene rings is 1. The molecule has 1 fully saturated rings. The first-order valence-corrected chi connectivity index (χ1v) is 7.65. The summed E-state index contributed by atoms with van der Waals surface area (Å²) in [6.07, 6.45) is 2.51. The van der Waals surface area contributed by atoms with Gasteiger partial charge in [0.25, 0.3) is 0 Å². The normalized spacial score (nSPS) is 16.9. The second-order valence-electron chi connectivity index (χ2n) is 5.52. The SMILES string of the molecule is CCOc1ccc(C(C)=O)cc1CN1CCC(OC)CC1. The van der Waals surface area contributed by atoms with Crippen LogP contribution in [0.15, 0.2) is 18.2 Å². The molecule has 4 nitrogen and oxygen atoms in total. The topological polar surface area (TPSA) is 38.8 Å². The highest BCUT2D eigenvalue weighted by Gasteiger charge is 2.20. The summed E-state index contributed by atoms with van der Waals surface area (Å²) in [7, 11) is 1.78. The molecular weight excluding hydrogens is 266 g/mol. The van der Waals surface area contributed by atoms with Gasteiger partial charge >= 0.3 is 0 Å². The van der Waals surface area contributed by atoms with Crippen molar-refractivity contribution >= 4 is 5.78 Å². The summed E-state index contributed by atoms with van der Waals surface area (Å²) in [5.41, 5.74) is 1.85. The van der Waals surface area contributed by atoms with Gasteiger partial charge in [0.1, 0.15) is 5.75 Å². The Morgan fingerprint density at radius 2 is 2.05 bits per heavy atom. The van der Waals surface area contributed by atoms with Crippen LogP contribution in [0.2, 0.25) is 0 Å². The second-order valence-corrected chi connectivity index (χ2v) is 5.52. The van der Waals surface area contributed by atoms with Gasteiger partial charge in [0.15, 0.2) is 5.78 Å². The molecule has 0 unspecified atom stereocenters. The Kier molecular flexibility index (Phi) is 5.76. The van der Waals surface area contributed by atoms with E-state index in [-0.39, 0.29) is 5.78 Å². The molecule has 0 aromatic heterocycles. The summed E-state index contributed by atoms with van der Waals surface area (Å²) in [5, 5.41) is 0. The quantitative estimate of drug-likeness (QED) is 0.755. The molecule has 0 spiro atoms. The molecule has 2 rings (SSSR count). The number of ketones is 1. The molecule has 1 aromatic carbocycles. The highest BCUT2D eigenvalue weighted by Crippen LogP contribution is 2.24. The summed E-state index contributed by atoms with van der Waals surface area (Å²) in [5.74, 6) is 0.980. The van der Waals surface area contributed by atoms with Gasteiger partial charge in [0.05, 0.1) is 12.7 Å². The van der Waals surface area contributed by atoms with Gasteiger partial charge in [0.2, 0.25) is 0 Å². The largest absolute Gasteiger partial charge is 0.494 e. The average molecular weight is 291 g/mol. The lowest BCUT2D eigenvalue weighted by Gasteiger charge is -2.31. The molecule has 1 saturated heterocycles. The van der Waals surface area contributed by atoms with Crippen LogP contribution >= 0.6 is 0 Å². The van der Waals surface area contributed by atoms with E-state index in [1.165, 1.54) is 0 Å². The lowest BCUT2D eigenvalue weighted by Crippen LogP contribution is -2.36. The van der Waals surface area contributed by atoms with Crippen LogP contribution in [0.4, 0.5) is 0 Å². The summed E-state index contributed by atoms with van der Waals surface area (Å²) < 4.78 is 11.1. The van der Waals surface area contributed by atoms with Crippen molar-refractivity contribution in [2.75, 3.05) is 26.8 Å². The van der Waals surface area contributed by atoms with E-state index in [1.807, 2.05) is 25.1 Å². The van der Waals surface area contributed by atoms with E-state index in [0.717, 1.165) is 49.4 Å². The third kappa shape index (κ3) is 4.29. The van der Waals surface area contributed by atoms with E-state index in [9.17, 15) is 4.79 Å². The van der Waals surface area contributed by atoms with Crippen LogP contribution in [-0.4, -0.2) is 43.6 Å². The predicted molar refractivity (Wildman–Crippen MR) is 82.9 cm³/mol. The highest BCUT2D eigenvalue weighted by molar-refractivity contribution is 5.94. The van der Waals surface area contributed by atoms with Crippen LogP contribution in [0.5, 0.6) is 5.75 Å². The van der Waals surface area contributed by atoms with E-state index in [2.05, 4.69) is 4.90 Å². The number of hydrogen-bond acceptors (Lipinski definition) is 4. The number of piperidine rings is 1. The van der Waals surface area contributed by atoms with E-state index < -0.39 is 0 Å². The van der Waals surface area contributed by atoms with Gasteiger partial charge in [-0.15, -0.1) is 0 Å². The monoisotopic (exact) mass is 291 g/mol. The van der Waals surface area contributed by atoms with E-state index >= 15 is 0 Å². The lowest BCUT2D eigenvalue weighted by atomic mass is 10.0. The number of carbonyl (C=O) groups is 1. The van der Waals surface area contributed by atoms with E-state index in [4.69, 9.17) is 9.47 Å². The number of ether oxygens (including phenoxy) is 2. The maximum Gasteiger partial charge on any atom is 0.159 e. The fourth-order valence-corrected chi connectivity index (χ4v) is 2.76. The fourth-order valence-electron chi connectivity index (χ4n) is 2.76. The Bertz CT molecular complexity index is 479. The summed E-state index contributed by atoms with van der Waals surface area (Å²) in [6.45, 7) is 7.09. The number of likely N-dealkylation sites (tertiary alicyclic amines) is 1. The Morgan fingerprint density at radius 1 is 1.33 bits per heavy atom. The molecule has 1 aliphatic rings. The standard InChI is InChI=1S/C17H25NO3/c1-4-21-17-6-5-14(13(2)19)11-15(17)12-18-9-7-16(20-3)8-10-18/h5-6,11,16H,4,7-10,12H2,1-3H3. The molecule has 116 valence electrons. The minimum absolute atomic E-state index is 0.0948. The molecule has 21 heavy (non-hydrogen) atoms. The fraction of sp³-hybridized carbons (Fsp3) is 0.588. The van der Waals surface area contributed by atoms with Crippen LogP contribution in [0.25, 0.3) is 0 Å². The van der Waals surface area contributed by atoms with Gasteiger partial charge in [-0.05, 0) is 44.9 Å². The summed E-state index contributed by atoms with van der Waals surface area (Å²) >= 11 is 0. The number of Topliss-reactive ketones (excluding diaryl/α,β-unsaturated/α-hetero) is 1. The van der Waals surface area contributed by atoms with Gasteiger partial charge in [-0.1, -0.05) is 0 Å². The number of carbonyl (C=O) groups excluding carboxylic acids is 1. The maximum absolute atomic E-state index is 11.6. The van der Waals surface area contributed by atoms with Crippen LogP contribution < -0.4 is 4.74 Å². The molecule has 0 N–H and O–H groups in total. The van der Waals surface area contributed by atoms with E-state index in [0.29, 0.717) is 12.7 Å². The first-order chi connectivity index (χ1) is 10.1. The third-order valence-electron chi connectivity index (χ3n) is 4.03. The summed E-state index contributed by atoms with van der Waals surface area (Å²) in [4.78, 5) is 14.0. The molecular formula is C17H25NO3. The van der Waals surface area contributed by atoms with Crippen molar-refractivity contribution in [2.24, 2.45) is 0 Å². The zero-order chi connectivity index (χ0) is 15.2. The first-order valence-electron chi connectivity index (χ1n) is 7.65. The smallest absolute Gasteiger partial charge is 0.159 e. The van der Waals surface area contributed by atoms with Crippen LogP contribution in [0, 0.1) is 0 Å². The Labute approximate surface area is 127 Å². The second kappa shape index (κ2) is 7.57. The molecule has 1 aliphatic heterocycles. The van der Waals surface area contributed by atoms with Gasteiger partial charge in [-0.2, -0.15) is 0 Å². The minimum atomic E-state index is 0.0948. The number of methoxy groups -OCH3 is 1. The van der Waals surface area contributed by atoms with E-state index in [1.54, 1.807) is 14.0 Å². The predicted octanol–water partition coefficient (Wildman–Crippen LogP) is 2.90. The first kappa shape index (κ1) is 16.0. The van der Waals surface area contributed by atoms with Gasteiger partial charge in [-0.3, -0.25) is 9.69 Å². The molecule has 0 saturated carbocycles. The van der Waals surface area contributed by atoms with Crippen LogP contribution in [0.1, 0.15) is 42.6 Å². The van der Waals surface area contributed by atoms with Crippen molar-refractivity contribution in [2.45, 2.75) is 39.3 Å². The zero-order valence-electron chi connectivity index (χ0n) is 13.2. The Morgan fingerprint density at radius 3 is 2.62 bits per heavy atom. The van der Waals surface area contributed by atoms with Crippen LogP contribution in [-0.2, 0) is 11.3 Å². The molecule has 1 aromatic rings. The summed E-state index contributed by atoms with van der Waals surface area (Å²) in [6, 6.07) is 5.72. The molecule has 0 aliphatic carbocycles. The third-order valence-corrected chi connectivity index (χ3v) is 4.03. The minimum Gasteiger partial charge on any atom is -0.494 e. The lowest BCUT2D eigenvalue weighted by molar-refractivity contribution is 0.0386. The van der Waals surface area contributed by atoms with Gasteiger partial charge < -0.3 is 9.47 Å². The van der Waals surface area contributed by atoms with Crippen molar-refractivity contribution in [1.82, 2.24) is 4.90 Å². The maximum atomic E-state index is 11.6. The van der Waals surface area contributed by atoms with Crippen LogP contribution in [0.3, 0.4) is 0 Å². The average Bonchev–Trinajstić information content (AvgIpc) is 2.50. The van der Waals surface area contributed by atoms with Crippen molar-refractivity contribution < 1.29 is 14.3 Å². The zero-order valence-corrected chi connectivity index (χ0v) is 13.2. The molecule has 4 heteroatoms. The van der Waals surface area contributed by atoms with Crippen molar-refractivity contribution in [3.05, 3.63) is 29.3 Å². The van der Waals surface area contributed by atoms with Gasteiger partial charge in [-0.25, -0.2) is 0 Å². The molecule has 0 amide bonds. The molecule has 0 radical (unpaired) electrons. The number of nitrogens with zero attached hydrogens (tertiary/aromatic N) is 1. The van der Waals surface area contributed by atoms with Crippen molar-refractivity contribution in [3.8, 4) is 5.75 Å².